The molecular weight excluding hydrogens is 955 g/mol. The fraction of sp³-hybridized carbons (Fsp3) is 0.360. The Kier molecular flexibility index (Phi) is 14.0. The van der Waals surface area contributed by atoms with Crippen molar-refractivity contribution in [1.82, 2.24) is 40.0 Å². The van der Waals surface area contributed by atoms with Gasteiger partial charge >= 0.3 is 11.8 Å². The van der Waals surface area contributed by atoms with Crippen LogP contribution < -0.4 is 10.6 Å². The minimum absolute atomic E-state index is 0.204. The molecule has 2 aliphatic heterocycles. The number of alkyl halides is 4. The lowest BCUT2D eigenvalue weighted by atomic mass is 10.00. The molecule has 70 heavy (non-hydrogen) atoms. The van der Waals surface area contributed by atoms with Gasteiger partial charge in [0, 0.05) is 58.8 Å². The van der Waals surface area contributed by atoms with Gasteiger partial charge < -0.3 is 39.5 Å². The number of furan rings is 2. The van der Waals surface area contributed by atoms with E-state index in [1.807, 2.05) is 12.1 Å². The number of aliphatic hydroxyl groups excluding tert-OH is 2. The van der Waals surface area contributed by atoms with Gasteiger partial charge in [0.05, 0.1) is 35.5 Å². The zero-order chi connectivity index (χ0) is 49.5. The molecule has 2 aliphatic rings. The highest BCUT2D eigenvalue weighted by Crippen LogP contribution is 2.37. The van der Waals surface area contributed by atoms with Crippen LogP contribution in [0.25, 0.3) is 43.7 Å². The summed E-state index contributed by atoms with van der Waals surface area (Å²) in [5.41, 5.74) is 3.00. The number of aromatic nitrogens is 4. The van der Waals surface area contributed by atoms with Crippen molar-refractivity contribution in [3.8, 4) is 0 Å². The van der Waals surface area contributed by atoms with Crippen molar-refractivity contribution in [2.75, 3.05) is 39.3 Å². The van der Waals surface area contributed by atoms with E-state index < -0.39 is 59.5 Å². The fourth-order valence-electron chi connectivity index (χ4n) is 9.17. The van der Waals surface area contributed by atoms with Crippen molar-refractivity contribution in [2.24, 2.45) is 14.1 Å². The third kappa shape index (κ3) is 10.2. The van der Waals surface area contributed by atoms with Crippen LogP contribution in [0, 0.1) is 0 Å². The van der Waals surface area contributed by atoms with Gasteiger partial charge in [-0.25, -0.2) is 0 Å². The van der Waals surface area contributed by atoms with Gasteiger partial charge in [0.25, 0.3) is 11.8 Å². The number of nitrogens with one attached hydrogen (secondary N) is 2. The molecule has 0 bridgehead atoms. The molecule has 14 nitrogen and oxygen atoms in total. The average Bonchev–Trinajstić information content (AvgIpc) is 4.22. The van der Waals surface area contributed by atoms with Gasteiger partial charge in [-0.2, -0.15) is 27.8 Å². The van der Waals surface area contributed by atoms with Crippen molar-refractivity contribution in [3.05, 3.63) is 130 Å². The summed E-state index contributed by atoms with van der Waals surface area (Å²) >= 11 is 11.9. The minimum atomic E-state index is -3.94. The van der Waals surface area contributed by atoms with Crippen molar-refractivity contribution in [2.45, 2.75) is 61.8 Å². The molecule has 10 rings (SSSR count). The molecule has 2 amide bonds. The Hall–Kier alpha value is -6.02. The smallest absolute Gasteiger partial charge is 0.380 e. The molecule has 0 spiro atoms. The lowest BCUT2D eigenvalue weighted by molar-refractivity contribution is -0.151. The number of likely N-dealkylation sites (tertiary alicyclic amines) is 2. The molecule has 0 saturated carbocycles. The van der Waals surface area contributed by atoms with Crippen LogP contribution in [0.1, 0.15) is 60.5 Å². The van der Waals surface area contributed by atoms with Gasteiger partial charge in [0.15, 0.2) is 11.5 Å². The maximum atomic E-state index is 15.2. The molecule has 4 aromatic carbocycles. The lowest BCUT2D eigenvalue weighted by Gasteiger charge is -2.29. The van der Waals surface area contributed by atoms with Crippen LogP contribution in [-0.4, -0.2) is 103 Å². The molecule has 4 aromatic heterocycles. The highest BCUT2D eigenvalue weighted by atomic mass is 35.5. The minimum Gasteiger partial charge on any atom is -0.454 e. The van der Waals surface area contributed by atoms with E-state index in [4.69, 9.17) is 32.0 Å². The quantitative estimate of drug-likeness (QED) is 0.0774. The predicted octanol–water partition coefficient (Wildman–Crippen LogP) is 8.76. The Bertz CT molecular complexity index is 2970. The standard InChI is InChI=1S/2C25H25ClF2N4O3/c2*1-31-20-11-15(4-5-16(20)13-29-31)23(33)19(14-32-8-2-3-9-32)30-24(34)25(27,28)22-12-17-10-18(26)6-7-21(17)35-22/h2*4-7,10-13,19,23,33H,2-3,8-9,14H2,1H3,(H,30,34)/t19-,23+;19-,23-/m11/s1. The van der Waals surface area contributed by atoms with Gasteiger partial charge in [-0.3, -0.25) is 19.0 Å². The number of benzene rings is 4. The molecule has 4 N–H and O–H groups in total. The second kappa shape index (κ2) is 20.0. The van der Waals surface area contributed by atoms with Crippen molar-refractivity contribution < 1.29 is 46.2 Å². The molecule has 2 fully saturated rings. The van der Waals surface area contributed by atoms with Crippen LogP contribution in [-0.2, 0) is 35.5 Å². The first-order chi connectivity index (χ1) is 33.4. The maximum Gasteiger partial charge on any atom is 0.380 e. The summed E-state index contributed by atoms with van der Waals surface area (Å²) < 4.78 is 74.7. The van der Waals surface area contributed by atoms with E-state index in [2.05, 4.69) is 30.6 Å². The molecule has 20 heteroatoms. The van der Waals surface area contributed by atoms with Crippen LogP contribution in [0.2, 0.25) is 10.0 Å². The van der Waals surface area contributed by atoms with E-state index in [9.17, 15) is 19.8 Å². The van der Waals surface area contributed by atoms with E-state index in [1.165, 1.54) is 36.4 Å². The highest BCUT2D eigenvalue weighted by molar-refractivity contribution is 6.31. The Morgan fingerprint density at radius 2 is 0.986 bits per heavy atom. The Morgan fingerprint density at radius 1 is 0.600 bits per heavy atom. The first-order valence-corrected chi connectivity index (χ1v) is 23.6. The van der Waals surface area contributed by atoms with Crippen LogP contribution in [0.4, 0.5) is 17.6 Å². The van der Waals surface area contributed by atoms with Gasteiger partial charge in [0.2, 0.25) is 0 Å². The summed E-state index contributed by atoms with van der Waals surface area (Å²) in [6.07, 6.45) is 4.93. The monoisotopic (exact) mass is 1000 g/mol. The third-order valence-corrected chi connectivity index (χ3v) is 13.5. The number of carbonyl (C=O) groups is 2. The largest absolute Gasteiger partial charge is 0.454 e. The van der Waals surface area contributed by atoms with E-state index >= 15 is 17.6 Å². The zero-order valence-corrected chi connectivity index (χ0v) is 39.6. The van der Waals surface area contributed by atoms with Crippen LogP contribution in [0.5, 0.6) is 0 Å². The summed E-state index contributed by atoms with van der Waals surface area (Å²) in [6, 6.07) is 19.9. The molecular formula is C50H50Cl2F4N8O6. The molecule has 8 aromatic rings. The molecule has 6 heterocycles. The molecule has 0 aliphatic carbocycles. The topological polar surface area (TPSA) is 167 Å². The fourth-order valence-corrected chi connectivity index (χ4v) is 9.53. The summed E-state index contributed by atoms with van der Waals surface area (Å²) in [5.74, 6) is -12.5. The Labute approximate surface area is 408 Å². The van der Waals surface area contributed by atoms with Gasteiger partial charge in [0.1, 0.15) is 23.4 Å². The maximum absolute atomic E-state index is 15.2. The van der Waals surface area contributed by atoms with Crippen LogP contribution in [0.15, 0.2) is 106 Å². The number of halogens is 6. The van der Waals surface area contributed by atoms with Crippen molar-refractivity contribution >= 4 is 78.8 Å². The molecule has 2 saturated heterocycles. The van der Waals surface area contributed by atoms with Crippen molar-refractivity contribution in [3.63, 3.8) is 0 Å². The number of aryl methyl sites for hydroxylation is 2. The van der Waals surface area contributed by atoms with E-state index in [0.29, 0.717) is 31.9 Å². The first kappa shape index (κ1) is 49.0. The second-order valence-corrected chi connectivity index (χ2v) is 18.8. The normalized spacial score (nSPS) is 16.7. The predicted molar refractivity (Wildman–Crippen MR) is 257 cm³/mol. The number of hydrogen-bond acceptors (Lipinski definition) is 10. The summed E-state index contributed by atoms with van der Waals surface area (Å²) in [6.45, 7) is 3.59. The third-order valence-electron chi connectivity index (χ3n) is 13.1. The number of carbonyl (C=O) groups excluding carboxylic acids is 2. The Morgan fingerprint density at radius 3 is 1.37 bits per heavy atom. The summed E-state index contributed by atoms with van der Waals surface area (Å²) in [4.78, 5) is 29.8. The molecule has 0 unspecified atom stereocenters. The number of hydrogen-bond donors (Lipinski definition) is 4. The van der Waals surface area contributed by atoms with E-state index in [1.54, 1.807) is 60.1 Å². The average molecular weight is 1010 g/mol. The second-order valence-electron chi connectivity index (χ2n) is 18.0. The van der Waals surface area contributed by atoms with Crippen LogP contribution >= 0.6 is 23.2 Å². The zero-order valence-electron chi connectivity index (χ0n) is 38.1. The van der Waals surface area contributed by atoms with Gasteiger partial charge in [-0.1, -0.05) is 47.5 Å². The number of rotatable bonds is 14. The number of amides is 2. The summed E-state index contributed by atoms with van der Waals surface area (Å²) in [7, 11) is 3.56. The SMILES string of the molecule is Cn1ncc2ccc([C@@H](O)[C@@H](CN3CCCC3)NC(=O)C(F)(F)c3cc4cc(Cl)ccc4o3)cc21.Cn1ncc2ccc([C@H](O)[C@@H](CN3CCCC3)NC(=O)C(F)(F)c3cc4cc(Cl)ccc4o3)cc21. The molecule has 0 radical (unpaired) electrons. The van der Waals surface area contributed by atoms with Crippen LogP contribution in [0.3, 0.4) is 0 Å². The number of nitrogens with zero attached hydrogens (tertiary/aromatic N) is 6. The molecule has 4 atom stereocenters. The highest BCUT2D eigenvalue weighted by Gasteiger charge is 2.47. The first-order valence-electron chi connectivity index (χ1n) is 22.9. The van der Waals surface area contributed by atoms with Gasteiger partial charge in [-0.15, -0.1) is 0 Å². The Balaban J connectivity index is 0.000000174. The number of fused-ring (bicyclic) bond motifs is 4. The molecule has 368 valence electrons. The van der Waals surface area contributed by atoms with E-state index in [0.717, 1.165) is 85.8 Å². The summed E-state index contributed by atoms with van der Waals surface area (Å²) in [5, 5.41) is 38.9. The van der Waals surface area contributed by atoms with Gasteiger partial charge in [-0.05, 0) is 124 Å². The van der Waals surface area contributed by atoms with Crippen molar-refractivity contribution in [1.29, 1.82) is 0 Å². The lowest BCUT2D eigenvalue weighted by Crippen LogP contribution is -2.50. The number of aliphatic hydroxyl groups is 2. The van der Waals surface area contributed by atoms with E-state index in [-0.39, 0.29) is 24.3 Å².